The average molecular weight is 411 g/mol. The maximum atomic E-state index is 5.89. The molecule has 32 heavy (non-hydrogen) atoms. The first-order valence-corrected chi connectivity index (χ1v) is 10.8. The largest absolute Gasteiger partial charge is 0.399 e. The minimum Gasteiger partial charge on any atom is -0.399 e. The Morgan fingerprint density at radius 1 is 0.312 bits per heavy atom. The molecule has 0 spiro atoms. The Balaban J connectivity index is 1.64. The van der Waals surface area contributed by atoms with E-state index in [9.17, 15) is 0 Å². The molecule has 0 aliphatic carbocycles. The molecule has 0 amide bonds. The first kappa shape index (κ1) is 18.5. The molecule has 152 valence electrons. The van der Waals surface area contributed by atoms with Crippen molar-refractivity contribution in [1.82, 2.24) is 0 Å². The van der Waals surface area contributed by atoms with Gasteiger partial charge in [-0.1, -0.05) is 72.8 Å². The molecule has 0 saturated heterocycles. The molecule has 0 saturated carbocycles. The summed E-state index contributed by atoms with van der Waals surface area (Å²) < 4.78 is 0. The predicted molar refractivity (Wildman–Crippen MR) is 139 cm³/mol. The highest BCUT2D eigenvalue weighted by atomic mass is 14.5. The lowest BCUT2D eigenvalue weighted by molar-refractivity contribution is 1.63. The van der Waals surface area contributed by atoms with E-state index in [2.05, 4.69) is 84.9 Å². The van der Waals surface area contributed by atoms with Gasteiger partial charge in [-0.25, -0.2) is 0 Å². The van der Waals surface area contributed by atoms with Gasteiger partial charge in [0.15, 0.2) is 0 Å². The molecule has 0 heterocycles. The maximum absolute atomic E-state index is 5.89. The van der Waals surface area contributed by atoms with Gasteiger partial charge in [0.2, 0.25) is 0 Å². The number of fused-ring (bicyclic) bond motifs is 6. The highest BCUT2D eigenvalue weighted by Crippen LogP contribution is 2.38. The normalized spacial score (nSPS) is 11.4. The zero-order valence-corrected chi connectivity index (χ0v) is 17.5. The second-order valence-corrected chi connectivity index (χ2v) is 8.31. The first-order valence-electron chi connectivity index (χ1n) is 10.8. The van der Waals surface area contributed by atoms with Crippen LogP contribution in [0.25, 0.3) is 54.6 Å². The Labute approximate surface area is 186 Å². The highest BCUT2D eigenvalue weighted by molar-refractivity contribution is 6.26. The van der Waals surface area contributed by atoms with Crippen molar-refractivity contribution < 1.29 is 0 Å². The number of hydrogen-bond acceptors (Lipinski definition) is 2. The average Bonchev–Trinajstić information content (AvgIpc) is 2.84. The van der Waals surface area contributed by atoms with Gasteiger partial charge in [-0.2, -0.15) is 0 Å². The third-order valence-corrected chi connectivity index (χ3v) is 6.32. The molecule has 0 aliphatic heterocycles. The Bertz CT molecular complexity index is 1470. The van der Waals surface area contributed by atoms with Crippen molar-refractivity contribution in [2.45, 2.75) is 0 Å². The quantitative estimate of drug-likeness (QED) is 0.227. The van der Waals surface area contributed by atoms with Crippen LogP contribution in [0, 0.1) is 0 Å². The Morgan fingerprint density at radius 3 is 1.06 bits per heavy atom. The molecule has 0 radical (unpaired) electrons. The fourth-order valence-electron chi connectivity index (χ4n) is 4.67. The van der Waals surface area contributed by atoms with Crippen molar-refractivity contribution in [3.05, 3.63) is 109 Å². The van der Waals surface area contributed by atoms with Crippen LogP contribution in [0.2, 0.25) is 0 Å². The molecule has 4 N–H and O–H groups in total. The Morgan fingerprint density at radius 2 is 0.656 bits per heavy atom. The molecule has 0 fully saturated rings. The molecule has 6 aromatic rings. The van der Waals surface area contributed by atoms with Gasteiger partial charge >= 0.3 is 0 Å². The Hall–Kier alpha value is -4.30. The van der Waals surface area contributed by atoms with Crippen molar-refractivity contribution in [3.8, 4) is 22.3 Å². The van der Waals surface area contributed by atoms with Gasteiger partial charge in [0.1, 0.15) is 0 Å². The number of benzene rings is 6. The lowest BCUT2D eigenvalue weighted by Gasteiger charge is -2.13. The molecule has 2 heteroatoms. The van der Waals surface area contributed by atoms with Crippen LogP contribution in [-0.4, -0.2) is 0 Å². The molecular formula is C30H22N2. The predicted octanol–water partition coefficient (Wildman–Crippen LogP) is 7.64. The van der Waals surface area contributed by atoms with Crippen LogP contribution >= 0.6 is 0 Å². The van der Waals surface area contributed by atoms with Crippen molar-refractivity contribution >= 4 is 43.7 Å². The second kappa shape index (κ2) is 7.14. The molecule has 0 unspecified atom stereocenters. The molecule has 0 aliphatic rings. The molecular weight excluding hydrogens is 388 g/mol. The zero-order valence-electron chi connectivity index (χ0n) is 17.5. The first-order chi connectivity index (χ1) is 15.7. The number of nitrogen functional groups attached to an aromatic ring is 2. The minimum absolute atomic E-state index is 0.780. The van der Waals surface area contributed by atoms with Gasteiger partial charge in [-0.3, -0.25) is 0 Å². The lowest BCUT2D eigenvalue weighted by Crippen LogP contribution is -1.88. The zero-order chi connectivity index (χ0) is 21.7. The number of rotatable bonds is 2. The molecule has 0 atom stereocenters. The van der Waals surface area contributed by atoms with Gasteiger partial charge in [0.05, 0.1) is 0 Å². The lowest BCUT2D eigenvalue weighted by atomic mass is 9.90. The van der Waals surface area contributed by atoms with Crippen LogP contribution in [0.5, 0.6) is 0 Å². The summed E-state index contributed by atoms with van der Waals surface area (Å²) in [5, 5.41) is 7.59. The summed E-state index contributed by atoms with van der Waals surface area (Å²) >= 11 is 0. The summed E-state index contributed by atoms with van der Waals surface area (Å²) in [6, 6.07) is 38.3. The van der Waals surface area contributed by atoms with E-state index in [-0.39, 0.29) is 0 Å². The van der Waals surface area contributed by atoms with Gasteiger partial charge in [0.25, 0.3) is 0 Å². The summed E-state index contributed by atoms with van der Waals surface area (Å²) in [5.41, 5.74) is 18.1. The van der Waals surface area contributed by atoms with Crippen molar-refractivity contribution in [2.75, 3.05) is 11.5 Å². The van der Waals surface area contributed by atoms with Gasteiger partial charge in [0, 0.05) is 11.4 Å². The van der Waals surface area contributed by atoms with E-state index in [4.69, 9.17) is 11.5 Å². The Kier molecular flexibility index (Phi) is 4.12. The smallest absolute Gasteiger partial charge is 0.0314 e. The fourth-order valence-corrected chi connectivity index (χ4v) is 4.67. The van der Waals surface area contributed by atoms with E-state index in [1.54, 1.807) is 0 Å². The summed E-state index contributed by atoms with van der Waals surface area (Å²) in [5.74, 6) is 0. The molecule has 6 aromatic carbocycles. The monoisotopic (exact) mass is 410 g/mol. The van der Waals surface area contributed by atoms with E-state index in [1.807, 2.05) is 24.3 Å². The van der Waals surface area contributed by atoms with Crippen LogP contribution < -0.4 is 11.5 Å². The van der Waals surface area contributed by atoms with E-state index >= 15 is 0 Å². The number of hydrogen-bond donors (Lipinski definition) is 2. The van der Waals surface area contributed by atoms with Crippen molar-refractivity contribution in [2.24, 2.45) is 0 Å². The maximum Gasteiger partial charge on any atom is 0.0314 e. The molecule has 0 bridgehead atoms. The van der Waals surface area contributed by atoms with Crippen LogP contribution in [-0.2, 0) is 0 Å². The van der Waals surface area contributed by atoms with Crippen LogP contribution in [0.3, 0.4) is 0 Å². The van der Waals surface area contributed by atoms with Gasteiger partial charge in [-0.05, 0) is 91.0 Å². The SMILES string of the molecule is Nc1ccc(-c2ccc3c4ccc(-c5ccc(N)cc5)cc4c4ccccc4c3c2)cc1. The van der Waals surface area contributed by atoms with Gasteiger partial charge in [-0.15, -0.1) is 0 Å². The topological polar surface area (TPSA) is 52.0 Å². The van der Waals surface area contributed by atoms with Crippen LogP contribution in [0.1, 0.15) is 0 Å². The van der Waals surface area contributed by atoms with E-state index in [1.165, 1.54) is 54.6 Å². The third-order valence-electron chi connectivity index (χ3n) is 6.32. The third kappa shape index (κ3) is 2.97. The number of anilines is 2. The van der Waals surface area contributed by atoms with E-state index in [0.29, 0.717) is 0 Å². The van der Waals surface area contributed by atoms with Crippen molar-refractivity contribution in [3.63, 3.8) is 0 Å². The van der Waals surface area contributed by atoms with Gasteiger partial charge < -0.3 is 11.5 Å². The van der Waals surface area contributed by atoms with E-state index < -0.39 is 0 Å². The minimum atomic E-state index is 0.780. The summed E-state index contributed by atoms with van der Waals surface area (Å²) in [6.45, 7) is 0. The summed E-state index contributed by atoms with van der Waals surface area (Å²) in [4.78, 5) is 0. The van der Waals surface area contributed by atoms with Crippen LogP contribution in [0.4, 0.5) is 11.4 Å². The fraction of sp³-hybridized carbons (Fsp3) is 0. The molecule has 2 nitrogen and oxygen atoms in total. The highest BCUT2D eigenvalue weighted by Gasteiger charge is 2.11. The van der Waals surface area contributed by atoms with Crippen molar-refractivity contribution in [1.29, 1.82) is 0 Å². The summed E-state index contributed by atoms with van der Waals surface area (Å²) in [6.07, 6.45) is 0. The van der Waals surface area contributed by atoms with Crippen LogP contribution in [0.15, 0.2) is 109 Å². The second-order valence-electron chi connectivity index (χ2n) is 8.31. The standard InChI is InChI=1S/C30H22N2/c31-23-11-5-19(6-12-23)21-9-15-27-28-16-10-22(20-7-13-24(32)14-8-20)18-30(28)26-4-2-1-3-25(26)29(27)17-21/h1-18H,31-32H2. The number of nitrogens with two attached hydrogens (primary N) is 2. The molecule has 6 rings (SSSR count). The van der Waals surface area contributed by atoms with E-state index in [0.717, 1.165) is 11.4 Å². The summed E-state index contributed by atoms with van der Waals surface area (Å²) in [7, 11) is 0. The molecule has 0 aromatic heterocycles.